The number of benzene rings is 2. The molecule has 1 fully saturated rings. The molecule has 1 aliphatic rings. The van der Waals surface area contributed by atoms with Crippen molar-refractivity contribution in [3.63, 3.8) is 0 Å². The van der Waals surface area contributed by atoms with E-state index < -0.39 is 20.7 Å². The molecule has 1 heterocycles. The number of hydrogen-bond donors (Lipinski definition) is 2. The van der Waals surface area contributed by atoms with Gasteiger partial charge in [-0.25, -0.2) is 8.42 Å². The van der Waals surface area contributed by atoms with Crippen LogP contribution in [0, 0.1) is 0 Å². The summed E-state index contributed by atoms with van der Waals surface area (Å²) in [5.74, 6) is 0.300. The SMILES string of the molecule is COc1ccc(-c2[nH]c3ccccc3c2CCC(=O)NS(=O)(=O)C2(C)CC2)cc1. The molecular formula is C22H24N2O4S. The number of rotatable bonds is 7. The summed E-state index contributed by atoms with van der Waals surface area (Å²) in [4.78, 5) is 15.8. The normalized spacial score (nSPS) is 15.2. The number of carbonyl (C=O) groups is 1. The Morgan fingerprint density at radius 2 is 1.83 bits per heavy atom. The van der Waals surface area contributed by atoms with Crippen LogP contribution in [0.3, 0.4) is 0 Å². The number of aromatic amines is 1. The summed E-state index contributed by atoms with van der Waals surface area (Å²) in [5.41, 5.74) is 3.89. The van der Waals surface area contributed by atoms with Crippen molar-refractivity contribution in [2.24, 2.45) is 0 Å². The molecule has 0 aliphatic heterocycles. The molecule has 3 aromatic rings. The van der Waals surface area contributed by atoms with Gasteiger partial charge < -0.3 is 9.72 Å². The lowest BCUT2D eigenvalue weighted by atomic mass is 10.0. The lowest BCUT2D eigenvalue weighted by Crippen LogP contribution is -2.38. The highest BCUT2D eigenvalue weighted by molar-refractivity contribution is 7.91. The number of sulfonamides is 1. The standard InChI is InChI=1S/C22H24N2O4S/c1-22(13-14-22)29(26,27)24-20(25)12-11-18-17-5-3-4-6-19(17)23-21(18)15-7-9-16(28-2)10-8-15/h3-10,23H,11-14H2,1-2H3,(H,24,25). The van der Waals surface area contributed by atoms with E-state index in [-0.39, 0.29) is 6.42 Å². The largest absolute Gasteiger partial charge is 0.497 e. The van der Waals surface area contributed by atoms with E-state index in [4.69, 9.17) is 4.74 Å². The van der Waals surface area contributed by atoms with Crippen molar-refractivity contribution in [3.8, 4) is 17.0 Å². The number of hydrogen-bond acceptors (Lipinski definition) is 4. The number of carbonyl (C=O) groups excluding carboxylic acids is 1. The summed E-state index contributed by atoms with van der Waals surface area (Å²) >= 11 is 0. The zero-order chi connectivity index (χ0) is 20.6. The number of amides is 1. The first-order valence-corrected chi connectivity index (χ1v) is 11.1. The smallest absolute Gasteiger partial charge is 0.240 e. The second-order valence-electron chi connectivity index (χ2n) is 7.73. The van der Waals surface area contributed by atoms with Crippen LogP contribution in [-0.2, 0) is 21.2 Å². The highest BCUT2D eigenvalue weighted by atomic mass is 32.2. The Balaban J connectivity index is 1.59. The zero-order valence-corrected chi connectivity index (χ0v) is 17.3. The molecule has 152 valence electrons. The van der Waals surface area contributed by atoms with Gasteiger partial charge in [-0.1, -0.05) is 18.2 Å². The average Bonchev–Trinajstić information content (AvgIpc) is 3.37. The van der Waals surface area contributed by atoms with E-state index in [1.165, 1.54) is 0 Å². The quantitative estimate of drug-likeness (QED) is 0.618. The molecule has 1 amide bonds. The Labute approximate surface area is 170 Å². The molecule has 0 atom stereocenters. The zero-order valence-electron chi connectivity index (χ0n) is 16.5. The summed E-state index contributed by atoms with van der Waals surface area (Å²) in [6.45, 7) is 1.67. The maximum atomic E-state index is 12.4. The van der Waals surface area contributed by atoms with Gasteiger partial charge in [0.05, 0.1) is 11.9 Å². The summed E-state index contributed by atoms with van der Waals surface area (Å²) in [6, 6.07) is 15.6. The van der Waals surface area contributed by atoms with Crippen molar-refractivity contribution in [1.82, 2.24) is 9.71 Å². The van der Waals surface area contributed by atoms with Gasteiger partial charge in [0.1, 0.15) is 5.75 Å². The molecule has 2 N–H and O–H groups in total. The van der Waals surface area contributed by atoms with Crippen LogP contribution in [0.25, 0.3) is 22.2 Å². The molecule has 1 saturated carbocycles. The second-order valence-corrected chi connectivity index (χ2v) is 9.93. The molecule has 1 aromatic heterocycles. The predicted octanol–water partition coefficient (Wildman–Crippen LogP) is 3.77. The monoisotopic (exact) mass is 412 g/mol. The third-order valence-electron chi connectivity index (χ3n) is 5.65. The fourth-order valence-corrected chi connectivity index (χ4v) is 4.76. The fourth-order valence-electron chi connectivity index (χ4n) is 3.47. The van der Waals surface area contributed by atoms with Crippen LogP contribution in [0.15, 0.2) is 48.5 Å². The molecule has 29 heavy (non-hydrogen) atoms. The van der Waals surface area contributed by atoms with E-state index in [1.54, 1.807) is 14.0 Å². The minimum absolute atomic E-state index is 0.0975. The molecular weight excluding hydrogens is 388 g/mol. The predicted molar refractivity (Wildman–Crippen MR) is 113 cm³/mol. The third kappa shape index (κ3) is 3.74. The Bertz CT molecular complexity index is 1160. The summed E-state index contributed by atoms with van der Waals surface area (Å²) < 4.78 is 31.3. The van der Waals surface area contributed by atoms with Gasteiger partial charge in [-0.05, 0) is 67.6 Å². The third-order valence-corrected chi connectivity index (χ3v) is 7.85. The number of aromatic nitrogens is 1. The van der Waals surface area contributed by atoms with E-state index in [9.17, 15) is 13.2 Å². The number of fused-ring (bicyclic) bond motifs is 1. The lowest BCUT2D eigenvalue weighted by Gasteiger charge is -2.12. The molecule has 4 rings (SSSR count). The van der Waals surface area contributed by atoms with Crippen LogP contribution in [0.2, 0.25) is 0 Å². The van der Waals surface area contributed by atoms with Crippen LogP contribution in [0.1, 0.15) is 31.7 Å². The summed E-state index contributed by atoms with van der Waals surface area (Å²) in [6.07, 6.45) is 1.73. The maximum absolute atomic E-state index is 12.4. The Hall–Kier alpha value is -2.80. The molecule has 6 nitrogen and oxygen atoms in total. The first kappa shape index (κ1) is 19.5. The number of aryl methyl sites for hydroxylation is 1. The van der Waals surface area contributed by atoms with Gasteiger partial charge in [0.25, 0.3) is 0 Å². The molecule has 0 spiro atoms. The number of nitrogens with one attached hydrogen (secondary N) is 2. The first-order chi connectivity index (χ1) is 13.8. The number of para-hydroxylation sites is 1. The van der Waals surface area contributed by atoms with Gasteiger partial charge in [0.2, 0.25) is 15.9 Å². The Morgan fingerprint density at radius 3 is 2.48 bits per heavy atom. The van der Waals surface area contributed by atoms with Crippen LogP contribution in [-0.4, -0.2) is 31.2 Å². The molecule has 0 saturated heterocycles. The molecule has 7 heteroatoms. The average molecular weight is 413 g/mol. The Morgan fingerprint density at radius 1 is 1.14 bits per heavy atom. The molecule has 2 aromatic carbocycles. The highest BCUT2D eigenvalue weighted by Crippen LogP contribution is 2.42. The van der Waals surface area contributed by atoms with Gasteiger partial charge in [0, 0.05) is 23.0 Å². The van der Waals surface area contributed by atoms with Gasteiger partial charge in [-0.3, -0.25) is 9.52 Å². The van der Waals surface area contributed by atoms with Gasteiger partial charge >= 0.3 is 0 Å². The molecule has 0 bridgehead atoms. The van der Waals surface area contributed by atoms with Crippen molar-refractivity contribution in [2.75, 3.05) is 7.11 Å². The van der Waals surface area contributed by atoms with E-state index in [2.05, 4.69) is 9.71 Å². The Kier molecular flexibility index (Phi) is 4.86. The van der Waals surface area contributed by atoms with Gasteiger partial charge in [-0.15, -0.1) is 0 Å². The van der Waals surface area contributed by atoms with Gasteiger partial charge in [-0.2, -0.15) is 0 Å². The fraction of sp³-hybridized carbons (Fsp3) is 0.318. The number of methoxy groups -OCH3 is 1. The van der Waals surface area contributed by atoms with E-state index >= 15 is 0 Å². The van der Waals surface area contributed by atoms with Crippen molar-refractivity contribution >= 4 is 26.8 Å². The van der Waals surface area contributed by atoms with E-state index in [0.29, 0.717) is 19.3 Å². The summed E-state index contributed by atoms with van der Waals surface area (Å²) in [7, 11) is -1.99. The number of H-pyrrole nitrogens is 1. The topological polar surface area (TPSA) is 88.3 Å². The van der Waals surface area contributed by atoms with Crippen LogP contribution in [0.4, 0.5) is 0 Å². The van der Waals surface area contributed by atoms with Crippen LogP contribution < -0.4 is 9.46 Å². The van der Waals surface area contributed by atoms with Crippen LogP contribution >= 0.6 is 0 Å². The molecule has 1 aliphatic carbocycles. The van der Waals surface area contributed by atoms with Crippen molar-refractivity contribution in [2.45, 2.75) is 37.4 Å². The minimum Gasteiger partial charge on any atom is -0.497 e. The molecule has 0 unspecified atom stereocenters. The van der Waals surface area contributed by atoms with Crippen LogP contribution in [0.5, 0.6) is 5.75 Å². The first-order valence-electron chi connectivity index (χ1n) is 9.62. The molecule has 0 radical (unpaired) electrons. The van der Waals surface area contributed by atoms with Crippen molar-refractivity contribution in [3.05, 3.63) is 54.1 Å². The van der Waals surface area contributed by atoms with Crippen molar-refractivity contribution < 1.29 is 17.9 Å². The lowest BCUT2D eigenvalue weighted by molar-refractivity contribution is -0.119. The minimum atomic E-state index is -3.61. The summed E-state index contributed by atoms with van der Waals surface area (Å²) in [5, 5.41) is 1.03. The maximum Gasteiger partial charge on any atom is 0.240 e. The van der Waals surface area contributed by atoms with E-state index in [1.807, 2.05) is 48.5 Å². The van der Waals surface area contributed by atoms with Crippen molar-refractivity contribution in [1.29, 1.82) is 0 Å². The number of ether oxygens (including phenoxy) is 1. The van der Waals surface area contributed by atoms with Gasteiger partial charge in [0.15, 0.2) is 0 Å². The van der Waals surface area contributed by atoms with E-state index in [0.717, 1.165) is 33.5 Å². The second kappa shape index (κ2) is 7.22. The highest BCUT2D eigenvalue weighted by Gasteiger charge is 2.50.